The molecule has 0 spiro atoms. The van der Waals surface area contributed by atoms with Gasteiger partial charge in [-0.2, -0.15) is 0 Å². The number of hydrogen-bond acceptors (Lipinski definition) is 2. The Hall–Kier alpha value is -7.26. The van der Waals surface area contributed by atoms with Gasteiger partial charge in [-0.05, 0) is 137 Å². The van der Waals surface area contributed by atoms with Crippen molar-refractivity contribution in [1.82, 2.24) is 0 Å². The largest absolute Gasteiger partial charge is 0.310 e. The number of hydrogen-bond donors (Lipinski definition) is 0. The molecule has 0 amide bonds. The van der Waals surface area contributed by atoms with E-state index < -0.39 is 0 Å². The molecule has 12 aromatic rings. The second-order valence-corrected chi connectivity index (χ2v) is 16.4. The van der Waals surface area contributed by atoms with E-state index in [2.05, 4.69) is 217 Å². The molecule has 12 rings (SSSR count). The summed E-state index contributed by atoms with van der Waals surface area (Å²) in [6, 6.07) is 78.4. The topological polar surface area (TPSA) is 3.24 Å². The van der Waals surface area contributed by atoms with Crippen LogP contribution in [0, 0.1) is 0 Å². The molecule has 2 heteroatoms. The lowest BCUT2D eigenvalue weighted by atomic mass is 9.90. The van der Waals surface area contributed by atoms with Gasteiger partial charge in [0.1, 0.15) is 0 Å². The highest BCUT2D eigenvalue weighted by atomic mass is 32.1. The predicted molar refractivity (Wildman–Crippen MR) is 252 cm³/mol. The van der Waals surface area contributed by atoms with E-state index >= 15 is 0 Å². The van der Waals surface area contributed by atoms with Crippen molar-refractivity contribution in [2.24, 2.45) is 0 Å². The fourth-order valence-electron chi connectivity index (χ4n) is 9.23. The molecule has 0 unspecified atom stereocenters. The van der Waals surface area contributed by atoms with Crippen LogP contribution in [-0.4, -0.2) is 0 Å². The molecule has 1 heterocycles. The monoisotopic (exact) mass is 753 g/mol. The summed E-state index contributed by atoms with van der Waals surface area (Å²) in [7, 11) is 0. The zero-order valence-corrected chi connectivity index (χ0v) is 32.4. The lowest BCUT2D eigenvalue weighted by Gasteiger charge is -2.26. The average Bonchev–Trinajstić information content (AvgIpc) is 3.64. The Kier molecular flexibility index (Phi) is 7.47. The molecule has 0 saturated heterocycles. The van der Waals surface area contributed by atoms with Gasteiger partial charge in [-0.25, -0.2) is 0 Å². The Morgan fingerprint density at radius 3 is 1.64 bits per heavy atom. The van der Waals surface area contributed by atoms with Gasteiger partial charge in [0.15, 0.2) is 0 Å². The van der Waals surface area contributed by atoms with Gasteiger partial charge in [-0.3, -0.25) is 0 Å². The molecule has 0 radical (unpaired) electrons. The number of rotatable bonds is 5. The highest BCUT2D eigenvalue weighted by Gasteiger charge is 2.18. The van der Waals surface area contributed by atoms with Crippen LogP contribution in [0.2, 0.25) is 0 Å². The number of benzene rings is 11. The molecule has 1 aromatic heterocycles. The van der Waals surface area contributed by atoms with Gasteiger partial charge in [0, 0.05) is 37.2 Å². The zero-order valence-electron chi connectivity index (χ0n) is 31.6. The van der Waals surface area contributed by atoms with Crippen LogP contribution in [-0.2, 0) is 0 Å². The van der Waals surface area contributed by atoms with Crippen LogP contribution >= 0.6 is 11.3 Å². The van der Waals surface area contributed by atoms with Crippen molar-refractivity contribution in [3.63, 3.8) is 0 Å². The van der Waals surface area contributed by atoms with Crippen molar-refractivity contribution in [1.29, 1.82) is 0 Å². The van der Waals surface area contributed by atoms with Gasteiger partial charge in [0.2, 0.25) is 0 Å². The molecule has 0 aliphatic rings. The normalized spacial score (nSPS) is 11.8. The minimum absolute atomic E-state index is 1.12. The fourth-order valence-corrected chi connectivity index (χ4v) is 10.3. The summed E-state index contributed by atoms with van der Waals surface area (Å²) in [5.41, 5.74) is 8.33. The standard InChI is InChI=1S/C56H35NS/c1-2-13-39-34-56-53(32-38(39)12-1)54-35-44(28-30-55(54)58-56)57(42-25-23-37(24-26-42)46-21-9-15-36-11-3-5-17-45(36)46)43-27-29-48-40(31-43)16-10-22-50(48)52-33-41-14-4-6-18-47(41)49-19-7-8-20-51(49)52/h1-35H. The van der Waals surface area contributed by atoms with E-state index in [0.29, 0.717) is 0 Å². The van der Waals surface area contributed by atoms with Gasteiger partial charge >= 0.3 is 0 Å². The maximum Gasteiger partial charge on any atom is 0.0468 e. The van der Waals surface area contributed by atoms with Crippen LogP contribution < -0.4 is 4.90 Å². The Morgan fingerprint density at radius 2 is 0.810 bits per heavy atom. The first kappa shape index (κ1) is 32.9. The van der Waals surface area contributed by atoms with Gasteiger partial charge in [0.25, 0.3) is 0 Å². The number of anilines is 3. The molecule has 0 saturated carbocycles. The molecular weight excluding hydrogens is 719 g/mol. The molecule has 0 aliphatic heterocycles. The van der Waals surface area contributed by atoms with E-state index in [1.54, 1.807) is 0 Å². The van der Waals surface area contributed by atoms with E-state index in [4.69, 9.17) is 0 Å². The minimum atomic E-state index is 1.12. The first-order chi connectivity index (χ1) is 28.7. The third kappa shape index (κ3) is 5.30. The molecule has 0 N–H and O–H groups in total. The Balaban J connectivity index is 1.04. The zero-order chi connectivity index (χ0) is 38.2. The third-order valence-electron chi connectivity index (χ3n) is 12.0. The Bertz CT molecular complexity index is 3570. The van der Waals surface area contributed by atoms with Crippen LogP contribution in [0.25, 0.3) is 96.3 Å². The Morgan fingerprint density at radius 1 is 0.259 bits per heavy atom. The minimum Gasteiger partial charge on any atom is -0.310 e. The van der Waals surface area contributed by atoms with E-state index in [9.17, 15) is 0 Å². The third-order valence-corrected chi connectivity index (χ3v) is 13.1. The van der Waals surface area contributed by atoms with Crippen molar-refractivity contribution in [2.75, 3.05) is 4.90 Å². The number of thiophene rings is 1. The second kappa shape index (κ2) is 13.2. The van der Waals surface area contributed by atoms with Crippen LogP contribution in [0.1, 0.15) is 0 Å². The number of nitrogens with zero attached hydrogens (tertiary/aromatic N) is 1. The van der Waals surface area contributed by atoms with Crippen molar-refractivity contribution < 1.29 is 0 Å². The van der Waals surface area contributed by atoms with E-state index in [-0.39, 0.29) is 0 Å². The van der Waals surface area contributed by atoms with Crippen LogP contribution in [0.15, 0.2) is 212 Å². The smallest absolute Gasteiger partial charge is 0.0468 e. The van der Waals surface area contributed by atoms with Crippen molar-refractivity contribution in [2.45, 2.75) is 0 Å². The summed E-state index contributed by atoms with van der Waals surface area (Å²) < 4.78 is 2.61. The maximum atomic E-state index is 2.43. The second-order valence-electron chi connectivity index (χ2n) is 15.3. The highest BCUT2D eigenvalue weighted by Crippen LogP contribution is 2.44. The highest BCUT2D eigenvalue weighted by molar-refractivity contribution is 7.25. The molecular formula is C56H35NS. The van der Waals surface area contributed by atoms with Crippen LogP contribution in [0.3, 0.4) is 0 Å². The van der Waals surface area contributed by atoms with Gasteiger partial charge in [-0.1, -0.05) is 152 Å². The summed E-state index contributed by atoms with van der Waals surface area (Å²) in [6.45, 7) is 0. The lowest BCUT2D eigenvalue weighted by Crippen LogP contribution is -2.09. The molecule has 270 valence electrons. The Labute approximate surface area is 340 Å². The van der Waals surface area contributed by atoms with E-state index in [0.717, 1.165) is 17.1 Å². The molecule has 0 bridgehead atoms. The van der Waals surface area contributed by atoms with Gasteiger partial charge in [0.05, 0.1) is 0 Å². The van der Waals surface area contributed by atoms with E-state index in [1.807, 2.05) is 11.3 Å². The quantitative estimate of drug-likeness (QED) is 0.158. The summed E-state index contributed by atoms with van der Waals surface area (Å²) >= 11 is 1.87. The molecule has 11 aromatic carbocycles. The maximum absolute atomic E-state index is 2.43. The molecule has 0 aliphatic carbocycles. The summed E-state index contributed by atoms with van der Waals surface area (Å²) in [6.07, 6.45) is 0. The van der Waals surface area contributed by atoms with Crippen molar-refractivity contribution in [3.8, 4) is 22.3 Å². The SMILES string of the molecule is c1ccc2cc3c(cc2c1)sc1ccc(N(c2ccc(-c4cccc5ccccc45)cc2)c2ccc4c(-c5cc6ccccc6c6ccccc56)cccc4c2)cc13. The van der Waals surface area contributed by atoms with E-state index in [1.165, 1.54) is 96.3 Å². The van der Waals surface area contributed by atoms with Gasteiger partial charge < -0.3 is 4.90 Å². The summed E-state index contributed by atoms with van der Waals surface area (Å²) in [5.74, 6) is 0. The van der Waals surface area contributed by atoms with Crippen molar-refractivity contribution in [3.05, 3.63) is 212 Å². The fraction of sp³-hybridized carbons (Fsp3) is 0. The molecule has 58 heavy (non-hydrogen) atoms. The summed E-state index contributed by atoms with van der Waals surface area (Å²) in [4.78, 5) is 2.43. The average molecular weight is 754 g/mol. The van der Waals surface area contributed by atoms with Crippen molar-refractivity contribution >= 4 is 102 Å². The van der Waals surface area contributed by atoms with Crippen LogP contribution in [0.5, 0.6) is 0 Å². The molecule has 0 fully saturated rings. The lowest BCUT2D eigenvalue weighted by molar-refractivity contribution is 1.30. The number of fused-ring (bicyclic) bond motifs is 9. The molecule has 1 nitrogen and oxygen atoms in total. The first-order valence-corrected chi connectivity index (χ1v) is 20.7. The van der Waals surface area contributed by atoms with Crippen LogP contribution in [0.4, 0.5) is 17.1 Å². The van der Waals surface area contributed by atoms with Gasteiger partial charge in [-0.15, -0.1) is 11.3 Å². The summed E-state index contributed by atoms with van der Waals surface area (Å²) in [5, 5.41) is 15.2. The predicted octanol–water partition coefficient (Wildman–Crippen LogP) is 16.6. The molecule has 0 atom stereocenters. The first-order valence-electron chi connectivity index (χ1n) is 19.9.